The fraction of sp³-hybridized carbons (Fsp3) is 0.308. The highest BCUT2D eigenvalue weighted by molar-refractivity contribution is 6.33. The maximum atomic E-state index is 6.08. The minimum Gasteiger partial charge on any atom is -0.378 e. The van der Waals surface area contributed by atoms with Crippen LogP contribution in [0.15, 0.2) is 36.8 Å². The van der Waals surface area contributed by atoms with E-state index in [4.69, 9.17) is 11.6 Å². The summed E-state index contributed by atoms with van der Waals surface area (Å²) in [4.78, 5) is 4.17. The lowest BCUT2D eigenvalue weighted by molar-refractivity contribution is 0.577. The van der Waals surface area contributed by atoms with Gasteiger partial charge in [0.2, 0.25) is 0 Å². The second-order valence-corrected chi connectivity index (χ2v) is 4.63. The van der Waals surface area contributed by atoms with Crippen LogP contribution in [0.3, 0.4) is 0 Å². The minimum atomic E-state index is 0.417. The summed E-state index contributed by atoms with van der Waals surface area (Å²) in [5.41, 5.74) is 2.10. The molecule has 0 fully saturated rings. The molecule has 90 valence electrons. The SMILES string of the molecule is CC(C)n1cncc1CNc1ccccc1Cl. The first-order valence-corrected chi connectivity index (χ1v) is 6.05. The normalized spacial score (nSPS) is 10.8. The summed E-state index contributed by atoms with van der Waals surface area (Å²) in [6, 6.07) is 8.16. The molecule has 0 saturated heterocycles. The lowest BCUT2D eigenvalue weighted by Crippen LogP contribution is -2.08. The molecule has 17 heavy (non-hydrogen) atoms. The highest BCUT2D eigenvalue weighted by Crippen LogP contribution is 2.21. The smallest absolute Gasteiger partial charge is 0.0951 e. The van der Waals surface area contributed by atoms with E-state index < -0.39 is 0 Å². The molecule has 0 aliphatic heterocycles. The quantitative estimate of drug-likeness (QED) is 0.895. The number of hydrogen-bond acceptors (Lipinski definition) is 2. The molecule has 0 radical (unpaired) electrons. The molecule has 0 atom stereocenters. The van der Waals surface area contributed by atoms with Crippen molar-refractivity contribution in [2.75, 3.05) is 5.32 Å². The van der Waals surface area contributed by atoms with Crippen LogP contribution in [0.4, 0.5) is 5.69 Å². The van der Waals surface area contributed by atoms with E-state index in [0.717, 1.165) is 22.9 Å². The van der Waals surface area contributed by atoms with Crippen molar-refractivity contribution in [2.24, 2.45) is 0 Å². The Morgan fingerprint density at radius 1 is 1.35 bits per heavy atom. The monoisotopic (exact) mass is 249 g/mol. The van der Waals surface area contributed by atoms with Crippen LogP contribution in [0.2, 0.25) is 5.02 Å². The number of benzene rings is 1. The third kappa shape index (κ3) is 2.80. The fourth-order valence-electron chi connectivity index (χ4n) is 1.72. The second-order valence-electron chi connectivity index (χ2n) is 4.22. The van der Waals surface area contributed by atoms with Crippen LogP contribution in [0, 0.1) is 0 Å². The molecule has 0 unspecified atom stereocenters. The van der Waals surface area contributed by atoms with E-state index in [2.05, 4.69) is 28.7 Å². The Labute approximate surface area is 106 Å². The Balaban J connectivity index is 2.08. The Hall–Kier alpha value is -1.48. The highest BCUT2D eigenvalue weighted by atomic mass is 35.5. The summed E-state index contributed by atoms with van der Waals surface area (Å²) in [5, 5.41) is 4.06. The zero-order valence-electron chi connectivity index (χ0n) is 10.0. The third-order valence-corrected chi connectivity index (χ3v) is 2.97. The van der Waals surface area contributed by atoms with Crippen LogP contribution in [0.25, 0.3) is 0 Å². The van der Waals surface area contributed by atoms with E-state index in [1.807, 2.05) is 36.8 Å². The summed E-state index contributed by atoms with van der Waals surface area (Å²) in [6.45, 7) is 5.00. The van der Waals surface area contributed by atoms with Crippen LogP contribution in [0.1, 0.15) is 25.6 Å². The largest absolute Gasteiger partial charge is 0.378 e. The number of nitrogens with one attached hydrogen (secondary N) is 1. The molecule has 3 nitrogen and oxygen atoms in total. The van der Waals surface area contributed by atoms with Gasteiger partial charge < -0.3 is 9.88 Å². The van der Waals surface area contributed by atoms with Gasteiger partial charge in [0.05, 0.1) is 29.3 Å². The van der Waals surface area contributed by atoms with Crippen LogP contribution >= 0.6 is 11.6 Å². The second kappa shape index (κ2) is 5.23. The van der Waals surface area contributed by atoms with Gasteiger partial charge in [-0.15, -0.1) is 0 Å². The molecule has 0 saturated carbocycles. The Kier molecular flexibility index (Phi) is 3.69. The van der Waals surface area contributed by atoms with E-state index in [9.17, 15) is 0 Å². The maximum absolute atomic E-state index is 6.08. The molecule has 0 amide bonds. The van der Waals surface area contributed by atoms with Crippen molar-refractivity contribution in [3.8, 4) is 0 Å². The molecule has 1 aromatic carbocycles. The fourth-order valence-corrected chi connectivity index (χ4v) is 1.93. The summed E-state index contributed by atoms with van der Waals surface area (Å²) in [5.74, 6) is 0. The number of nitrogens with zero attached hydrogens (tertiary/aromatic N) is 2. The number of imidazole rings is 1. The predicted molar refractivity (Wildman–Crippen MR) is 71.4 cm³/mol. The van der Waals surface area contributed by atoms with Gasteiger partial charge in [-0.1, -0.05) is 23.7 Å². The van der Waals surface area contributed by atoms with E-state index in [-0.39, 0.29) is 0 Å². The van der Waals surface area contributed by atoms with E-state index in [1.165, 1.54) is 0 Å². The molecule has 2 rings (SSSR count). The summed E-state index contributed by atoms with van der Waals surface area (Å²) < 4.78 is 2.14. The highest BCUT2D eigenvalue weighted by Gasteiger charge is 2.05. The Bertz CT molecular complexity index is 491. The molecule has 0 spiro atoms. The lowest BCUT2D eigenvalue weighted by atomic mass is 10.3. The number of halogens is 1. The molecule has 1 N–H and O–H groups in total. The van der Waals surface area contributed by atoms with Crippen molar-refractivity contribution in [3.05, 3.63) is 47.5 Å². The van der Waals surface area contributed by atoms with Crippen molar-refractivity contribution < 1.29 is 0 Å². The molecular formula is C13H16ClN3. The first-order valence-electron chi connectivity index (χ1n) is 5.67. The van der Waals surface area contributed by atoms with Gasteiger partial charge in [-0.2, -0.15) is 0 Å². The number of rotatable bonds is 4. The van der Waals surface area contributed by atoms with Crippen LogP contribution in [0.5, 0.6) is 0 Å². The summed E-state index contributed by atoms with van der Waals surface area (Å²) in [6.07, 6.45) is 3.73. The minimum absolute atomic E-state index is 0.417. The van der Waals surface area contributed by atoms with Crippen molar-refractivity contribution in [3.63, 3.8) is 0 Å². The van der Waals surface area contributed by atoms with Gasteiger partial charge in [-0.25, -0.2) is 4.98 Å². The van der Waals surface area contributed by atoms with Crippen molar-refractivity contribution in [1.29, 1.82) is 0 Å². The first kappa shape index (κ1) is 12.0. The average molecular weight is 250 g/mol. The average Bonchev–Trinajstić information content (AvgIpc) is 2.76. The van der Waals surface area contributed by atoms with Crippen LogP contribution in [-0.4, -0.2) is 9.55 Å². The molecule has 2 aromatic rings. The van der Waals surface area contributed by atoms with E-state index >= 15 is 0 Å². The Morgan fingerprint density at radius 3 is 2.82 bits per heavy atom. The van der Waals surface area contributed by atoms with Gasteiger partial charge in [0.25, 0.3) is 0 Å². The van der Waals surface area contributed by atoms with Crippen molar-refractivity contribution >= 4 is 17.3 Å². The summed E-state index contributed by atoms with van der Waals surface area (Å²) >= 11 is 6.08. The molecule has 1 aromatic heterocycles. The van der Waals surface area contributed by atoms with Gasteiger partial charge in [0.15, 0.2) is 0 Å². The molecule has 4 heteroatoms. The molecule has 0 bridgehead atoms. The molecule has 1 heterocycles. The number of para-hydroxylation sites is 1. The van der Waals surface area contributed by atoms with Gasteiger partial charge in [-0.3, -0.25) is 0 Å². The maximum Gasteiger partial charge on any atom is 0.0951 e. The van der Waals surface area contributed by atoms with Gasteiger partial charge in [0, 0.05) is 12.2 Å². The third-order valence-electron chi connectivity index (χ3n) is 2.64. The van der Waals surface area contributed by atoms with E-state index in [1.54, 1.807) is 0 Å². The number of anilines is 1. The zero-order valence-corrected chi connectivity index (χ0v) is 10.8. The van der Waals surface area contributed by atoms with Crippen LogP contribution < -0.4 is 5.32 Å². The standard InChI is InChI=1S/C13H16ClN3/c1-10(2)17-9-15-7-11(17)8-16-13-6-4-3-5-12(13)14/h3-7,9-10,16H,8H2,1-2H3. The topological polar surface area (TPSA) is 29.9 Å². The molecule has 0 aliphatic carbocycles. The summed E-state index contributed by atoms with van der Waals surface area (Å²) in [7, 11) is 0. The van der Waals surface area contributed by atoms with Gasteiger partial charge in [0.1, 0.15) is 0 Å². The van der Waals surface area contributed by atoms with Gasteiger partial charge in [-0.05, 0) is 26.0 Å². The Morgan fingerprint density at radius 2 is 2.12 bits per heavy atom. The van der Waals surface area contributed by atoms with Crippen molar-refractivity contribution in [1.82, 2.24) is 9.55 Å². The van der Waals surface area contributed by atoms with Gasteiger partial charge >= 0.3 is 0 Å². The van der Waals surface area contributed by atoms with E-state index in [0.29, 0.717) is 6.04 Å². The number of hydrogen-bond donors (Lipinski definition) is 1. The van der Waals surface area contributed by atoms with Crippen molar-refractivity contribution in [2.45, 2.75) is 26.4 Å². The zero-order chi connectivity index (χ0) is 12.3. The number of aromatic nitrogens is 2. The molecular weight excluding hydrogens is 234 g/mol. The lowest BCUT2D eigenvalue weighted by Gasteiger charge is -2.13. The van der Waals surface area contributed by atoms with Crippen LogP contribution in [-0.2, 0) is 6.54 Å². The first-order chi connectivity index (χ1) is 8.18. The predicted octanol–water partition coefficient (Wildman–Crippen LogP) is 3.73. The molecule has 0 aliphatic rings.